The van der Waals surface area contributed by atoms with Gasteiger partial charge >= 0.3 is 0 Å². The smallest absolute Gasteiger partial charge is 0.225 e. The first-order chi connectivity index (χ1) is 8.22. The third kappa shape index (κ3) is 1.78. The Balaban J connectivity index is 2.09. The Morgan fingerprint density at radius 3 is 2.41 bits per heavy atom. The highest BCUT2D eigenvalue weighted by molar-refractivity contribution is 5.59. The van der Waals surface area contributed by atoms with Crippen LogP contribution in [0.4, 0.5) is 11.9 Å². The Hall–Kier alpha value is -2.21. The van der Waals surface area contributed by atoms with Crippen molar-refractivity contribution in [1.82, 2.24) is 15.0 Å². The molecule has 0 amide bonds. The summed E-state index contributed by atoms with van der Waals surface area (Å²) in [5.41, 5.74) is 14.3. The standard InChI is InChI=1S/C11H11N5O/c12-10-14-9(15-11(13)16-10)6-1-2-7-4-17-5-8(7)3-6/h1-3H,4-5H2,(H4,12,13,14,15,16). The van der Waals surface area contributed by atoms with Gasteiger partial charge in [-0.25, -0.2) is 0 Å². The van der Waals surface area contributed by atoms with Crippen LogP contribution >= 0.6 is 0 Å². The van der Waals surface area contributed by atoms with E-state index in [9.17, 15) is 0 Å². The van der Waals surface area contributed by atoms with Crippen molar-refractivity contribution >= 4 is 11.9 Å². The number of fused-ring (bicyclic) bond motifs is 1. The minimum absolute atomic E-state index is 0.129. The summed E-state index contributed by atoms with van der Waals surface area (Å²) in [4.78, 5) is 11.9. The van der Waals surface area contributed by atoms with E-state index in [0.717, 1.165) is 11.1 Å². The van der Waals surface area contributed by atoms with Crippen molar-refractivity contribution in [2.75, 3.05) is 11.5 Å². The molecule has 6 heteroatoms. The summed E-state index contributed by atoms with van der Waals surface area (Å²) in [6.45, 7) is 1.29. The number of rotatable bonds is 1. The lowest BCUT2D eigenvalue weighted by molar-refractivity contribution is 0.134. The van der Waals surface area contributed by atoms with Crippen molar-refractivity contribution < 1.29 is 4.74 Å². The van der Waals surface area contributed by atoms with Gasteiger partial charge in [0.2, 0.25) is 11.9 Å². The van der Waals surface area contributed by atoms with Gasteiger partial charge in [0, 0.05) is 5.56 Å². The van der Waals surface area contributed by atoms with E-state index in [2.05, 4.69) is 15.0 Å². The van der Waals surface area contributed by atoms with E-state index in [0.29, 0.717) is 19.0 Å². The average molecular weight is 229 g/mol. The molecule has 1 aromatic carbocycles. The fourth-order valence-corrected chi connectivity index (χ4v) is 1.85. The Labute approximate surface area is 97.7 Å². The van der Waals surface area contributed by atoms with Gasteiger partial charge in [-0.3, -0.25) is 0 Å². The first kappa shape index (κ1) is 9.98. The number of nitrogen functional groups attached to an aromatic ring is 2. The number of hydrogen-bond acceptors (Lipinski definition) is 6. The lowest BCUT2D eigenvalue weighted by atomic mass is 10.1. The van der Waals surface area contributed by atoms with Crippen molar-refractivity contribution in [1.29, 1.82) is 0 Å². The predicted octanol–water partition coefficient (Wildman–Crippen LogP) is 0.733. The van der Waals surface area contributed by atoms with Crippen LogP contribution in [0, 0.1) is 0 Å². The summed E-state index contributed by atoms with van der Waals surface area (Å²) in [5, 5.41) is 0. The molecular weight excluding hydrogens is 218 g/mol. The van der Waals surface area contributed by atoms with E-state index in [1.165, 1.54) is 5.56 Å². The summed E-state index contributed by atoms with van der Waals surface area (Å²) in [5.74, 6) is 0.748. The number of nitrogens with two attached hydrogens (primary N) is 2. The van der Waals surface area contributed by atoms with Crippen molar-refractivity contribution in [3.8, 4) is 11.4 Å². The number of hydrogen-bond donors (Lipinski definition) is 2. The maximum absolute atomic E-state index is 5.54. The molecule has 2 aromatic rings. The Morgan fingerprint density at radius 1 is 0.941 bits per heavy atom. The van der Waals surface area contributed by atoms with Crippen LogP contribution in [0.2, 0.25) is 0 Å². The second-order valence-electron chi connectivity index (χ2n) is 3.85. The third-order valence-corrected chi connectivity index (χ3v) is 2.65. The van der Waals surface area contributed by atoms with Gasteiger partial charge < -0.3 is 16.2 Å². The SMILES string of the molecule is Nc1nc(N)nc(-c2ccc3c(c2)COC3)n1. The van der Waals surface area contributed by atoms with Crippen LogP contribution < -0.4 is 11.5 Å². The zero-order valence-corrected chi connectivity index (χ0v) is 9.05. The van der Waals surface area contributed by atoms with Crippen LogP contribution in [0.1, 0.15) is 11.1 Å². The van der Waals surface area contributed by atoms with E-state index in [4.69, 9.17) is 16.2 Å². The molecule has 0 bridgehead atoms. The van der Waals surface area contributed by atoms with E-state index in [1.807, 2.05) is 18.2 Å². The lowest BCUT2D eigenvalue weighted by Crippen LogP contribution is -2.04. The molecule has 0 saturated heterocycles. The minimum Gasteiger partial charge on any atom is -0.372 e. The summed E-state index contributed by atoms with van der Waals surface area (Å²) in [7, 11) is 0. The van der Waals surface area contributed by atoms with Gasteiger partial charge in [-0.15, -0.1) is 0 Å². The van der Waals surface area contributed by atoms with Crippen LogP contribution in [0.15, 0.2) is 18.2 Å². The molecule has 0 spiro atoms. The zero-order chi connectivity index (χ0) is 11.8. The third-order valence-electron chi connectivity index (χ3n) is 2.65. The van der Waals surface area contributed by atoms with Crippen molar-refractivity contribution in [2.24, 2.45) is 0 Å². The summed E-state index contributed by atoms with van der Waals surface area (Å²) in [6, 6.07) is 5.94. The van der Waals surface area contributed by atoms with Gasteiger partial charge in [0.15, 0.2) is 5.82 Å². The monoisotopic (exact) mass is 229 g/mol. The van der Waals surface area contributed by atoms with Crippen LogP contribution in [-0.4, -0.2) is 15.0 Å². The highest BCUT2D eigenvalue weighted by Gasteiger charge is 2.13. The van der Waals surface area contributed by atoms with Crippen LogP contribution in [0.5, 0.6) is 0 Å². The highest BCUT2D eigenvalue weighted by atomic mass is 16.5. The number of ether oxygens (including phenoxy) is 1. The molecule has 3 rings (SSSR count). The van der Waals surface area contributed by atoms with Gasteiger partial charge in [-0.05, 0) is 17.2 Å². The van der Waals surface area contributed by atoms with E-state index >= 15 is 0 Å². The molecule has 1 aliphatic rings. The molecule has 1 aromatic heterocycles. The Kier molecular flexibility index (Phi) is 2.15. The second-order valence-corrected chi connectivity index (χ2v) is 3.85. The van der Waals surface area contributed by atoms with E-state index in [1.54, 1.807) is 0 Å². The maximum atomic E-state index is 5.54. The topological polar surface area (TPSA) is 99.9 Å². The highest BCUT2D eigenvalue weighted by Crippen LogP contribution is 2.25. The molecule has 2 heterocycles. The average Bonchev–Trinajstić information content (AvgIpc) is 2.74. The Bertz CT molecular complexity index is 564. The minimum atomic E-state index is 0.129. The molecule has 0 fully saturated rings. The largest absolute Gasteiger partial charge is 0.372 e. The van der Waals surface area contributed by atoms with Crippen molar-refractivity contribution in [3.63, 3.8) is 0 Å². The number of benzene rings is 1. The molecular formula is C11H11N5O. The number of aromatic nitrogens is 3. The number of anilines is 2. The van der Waals surface area contributed by atoms with Gasteiger partial charge in [0.05, 0.1) is 13.2 Å². The molecule has 0 saturated carbocycles. The van der Waals surface area contributed by atoms with Gasteiger partial charge in [0.1, 0.15) is 0 Å². The van der Waals surface area contributed by atoms with Crippen LogP contribution in [0.25, 0.3) is 11.4 Å². The Morgan fingerprint density at radius 2 is 1.65 bits per heavy atom. The van der Waals surface area contributed by atoms with Gasteiger partial charge in [0.25, 0.3) is 0 Å². The molecule has 6 nitrogen and oxygen atoms in total. The molecule has 1 aliphatic heterocycles. The van der Waals surface area contributed by atoms with Crippen LogP contribution in [-0.2, 0) is 18.0 Å². The molecule has 0 atom stereocenters. The summed E-state index contributed by atoms with van der Waals surface area (Å²) in [6.07, 6.45) is 0. The fraction of sp³-hybridized carbons (Fsp3) is 0.182. The van der Waals surface area contributed by atoms with Crippen molar-refractivity contribution in [3.05, 3.63) is 29.3 Å². The molecule has 0 unspecified atom stereocenters. The van der Waals surface area contributed by atoms with Gasteiger partial charge in [-0.1, -0.05) is 12.1 Å². The molecule has 4 N–H and O–H groups in total. The molecule has 86 valence electrons. The van der Waals surface area contributed by atoms with E-state index in [-0.39, 0.29) is 11.9 Å². The first-order valence-electron chi connectivity index (χ1n) is 5.19. The quantitative estimate of drug-likeness (QED) is 0.747. The second kappa shape index (κ2) is 3.67. The maximum Gasteiger partial charge on any atom is 0.225 e. The van der Waals surface area contributed by atoms with Crippen LogP contribution in [0.3, 0.4) is 0 Å². The number of nitrogens with zero attached hydrogens (tertiary/aromatic N) is 3. The predicted molar refractivity (Wildman–Crippen MR) is 62.6 cm³/mol. The van der Waals surface area contributed by atoms with E-state index < -0.39 is 0 Å². The normalized spacial score (nSPS) is 13.6. The molecule has 0 radical (unpaired) electrons. The first-order valence-corrected chi connectivity index (χ1v) is 5.19. The molecule has 0 aliphatic carbocycles. The zero-order valence-electron chi connectivity index (χ0n) is 9.05. The summed E-state index contributed by atoms with van der Waals surface area (Å²) < 4.78 is 5.35. The van der Waals surface area contributed by atoms with Gasteiger partial charge in [-0.2, -0.15) is 15.0 Å². The van der Waals surface area contributed by atoms with Crippen molar-refractivity contribution in [2.45, 2.75) is 13.2 Å². The lowest BCUT2D eigenvalue weighted by Gasteiger charge is -2.04. The summed E-state index contributed by atoms with van der Waals surface area (Å²) >= 11 is 0. The fourth-order valence-electron chi connectivity index (χ4n) is 1.85. The molecule has 17 heavy (non-hydrogen) atoms.